The molecule has 476 valence electrons. The Morgan fingerprint density at radius 2 is 0.481 bits per heavy atom. The fraction of sp³-hybridized carbons (Fsp3) is 0.880. The van der Waals surface area contributed by atoms with E-state index in [0.29, 0.717) is 19.3 Å². The Morgan fingerprint density at radius 3 is 0.753 bits per heavy atom. The third-order valence-electron chi connectivity index (χ3n) is 16.7. The third kappa shape index (κ3) is 68.3. The van der Waals surface area contributed by atoms with Crippen molar-refractivity contribution in [2.24, 2.45) is 0 Å². The van der Waals surface area contributed by atoms with Crippen molar-refractivity contribution >= 4 is 17.9 Å². The predicted molar refractivity (Wildman–Crippen MR) is 353 cm³/mol. The van der Waals surface area contributed by atoms with Crippen molar-refractivity contribution in [2.45, 2.75) is 412 Å². The smallest absolute Gasteiger partial charge is 0.306 e. The first-order chi connectivity index (χ1) is 40.0. The standard InChI is InChI=1S/C75H140O6/c1-4-7-10-13-16-19-22-25-28-31-32-33-34-35-36-37-38-39-40-41-42-43-45-47-50-53-56-59-62-65-68-74(77)80-71-72(70-79-73(76)67-64-61-58-55-52-49-46-30-27-24-21-18-15-12-9-6-3)81-75(78)69-66-63-60-57-54-51-48-44-29-26-23-20-17-14-11-8-5-2/h8,11,17,20,26,29,72H,4-7,9-10,12-16,18-19,21-25,27-28,30-71H2,1-3H3/b11-8-,20-17-,29-26-. The van der Waals surface area contributed by atoms with Crippen LogP contribution in [0.15, 0.2) is 36.5 Å². The topological polar surface area (TPSA) is 78.9 Å². The van der Waals surface area contributed by atoms with Crippen molar-refractivity contribution in [1.29, 1.82) is 0 Å². The van der Waals surface area contributed by atoms with Gasteiger partial charge in [-0.05, 0) is 51.4 Å². The summed E-state index contributed by atoms with van der Waals surface area (Å²) in [6.45, 7) is 6.61. The van der Waals surface area contributed by atoms with E-state index in [1.54, 1.807) is 0 Å². The van der Waals surface area contributed by atoms with E-state index in [1.165, 1.54) is 283 Å². The number of rotatable bonds is 68. The number of ether oxygens (including phenoxy) is 3. The highest BCUT2D eigenvalue weighted by molar-refractivity contribution is 5.71. The Hall–Kier alpha value is -2.37. The molecule has 81 heavy (non-hydrogen) atoms. The molecule has 1 unspecified atom stereocenters. The fourth-order valence-corrected chi connectivity index (χ4v) is 11.2. The van der Waals surface area contributed by atoms with E-state index in [9.17, 15) is 14.4 Å². The molecule has 0 aliphatic heterocycles. The minimum atomic E-state index is -0.775. The van der Waals surface area contributed by atoms with Gasteiger partial charge in [-0.25, -0.2) is 0 Å². The van der Waals surface area contributed by atoms with Crippen LogP contribution >= 0.6 is 0 Å². The number of hydrogen-bond acceptors (Lipinski definition) is 6. The molecule has 0 saturated heterocycles. The summed E-state index contributed by atoms with van der Waals surface area (Å²) < 4.78 is 17.0. The van der Waals surface area contributed by atoms with Gasteiger partial charge in [-0.15, -0.1) is 0 Å². The van der Waals surface area contributed by atoms with Gasteiger partial charge in [0.15, 0.2) is 6.10 Å². The largest absolute Gasteiger partial charge is 0.462 e. The molecule has 0 fully saturated rings. The van der Waals surface area contributed by atoms with Crippen LogP contribution in [-0.4, -0.2) is 37.2 Å². The van der Waals surface area contributed by atoms with E-state index >= 15 is 0 Å². The maximum atomic E-state index is 12.9. The van der Waals surface area contributed by atoms with Crippen LogP contribution in [0.5, 0.6) is 0 Å². The summed E-state index contributed by atoms with van der Waals surface area (Å²) in [4.78, 5) is 38.4. The Labute approximate surface area is 506 Å². The van der Waals surface area contributed by atoms with Crippen LogP contribution in [0.1, 0.15) is 406 Å². The number of unbranched alkanes of at least 4 members (excludes halogenated alkanes) is 51. The van der Waals surface area contributed by atoms with Crippen molar-refractivity contribution in [3.8, 4) is 0 Å². The molecule has 1 atom stereocenters. The lowest BCUT2D eigenvalue weighted by atomic mass is 10.0. The second-order valence-corrected chi connectivity index (χ2v) is 24.8. The zero-order valence-electron chi connectivity index (χ0n) is 54.8. The lowest BCUT2D eigenvalue weighted by Crippen LogP contribution is -2.30. The van der Waals surface area contributed by atoms with Gasteiger partial charge in [-0.3, -0.25) is 14.4 Å². The number of carbonyl (C=O) groups excluding carboxylic acids is 3. The summed E-state index contributed by atoms with van der Waals surface area (Å²) in [5.41, 5.74) is 0. The van der Waals surface area contributed by atoms with E-state index in [4.69, 9.17) is 14.2 Å². The van der Waals surface area contributed by atoms with Gasteiger partial charge in [0.2, 0.25) is 0 Å². The number of carbonyl (C=O) groups is 3. The van der Waals surface area contributed by atoms with Crippen molar-refractivity contribution in [3.05, 3.63) is 36.5 Å². The Kier molecular flexibility index (Phi) is 68.1. The van der Waals surface area contributed by atoms with Crippen molar-refractivity contribution in [3.63, 3.8) is 0 Å². The highest BCUT2D eigenvalue weighted by Gasteiger charge is 2.19. The minimum absolute atomic E-state index is 0.0704. The second kappa shape index (κ2) is 70.1. The molecule has 0 bridgehead atoms. The molecule has 0 heterocycles. The van der Waals surface area contributed by atoms with Crippen LogP contribution in [0, 0.1) is 0 Å². The zero-order chi connectivity index (χ0) is 58.5. The molecule has 0 aromatic rings. The maximum Gasteiger partial charge on any atom is 0.306 e. The molecular weight excluding hydrogens is 997 g/mol. The van der Waals surface area contributed by atoms with Gasteiger partial charge in [0, 0.05) is 19.3 Å². The summed E-state index contributed by atoms with van der Waals surface area (Å²) in [6.07, 6.45) is 87.6. The van der Waals surface area contributed by atoms with E-state index < -0.39 is 6.10 Å². The Morgan fingerprint density at radius 1 is 0.259 bits per heavy atom. The maximum absolute atomic E-state index is 12.9. The lowest BCUT2D eigenvalue weighted by molar-refractivity contribution is -0.167. The van der Waals surface area contributed by atoms with Gasteiger partial charge in [-0.1, -0.05) is 372 Å². The van der Waals surface area contributed by atoms with Crippen LogP contribution in [-0.2, 0) is 28.6 Å². The summed E-state index contributed by atoms with van der Waals surface area (Å²) in [7, 11) is 0. The highest BCUT2D eigenvalue weighted by Crippen LogP contribution is 2.19. The molecule has 0 radical (unpaired) electrons. The van der Waals surface area contributed by atoms with Crippen LogP contribution < -0.4 is 0 Å². The summed E-state index contributed by atoms with van der Waals surface area (Å²) in [6, 6.07) is 0. The molecular formula is C75H140O6. The average molecular weight is 1140 g/mol. The van der Waals surface area contributed by atoms with Gasteiger partial charge in [-0.2, -0.15) is 0 Å². The van der Waals surface area contributed by atoms with Crippen molar-refractivity contribution < 1.29 is 28.6 Å². The molecule has 0 aliphatic rings. The third-order valence-corrected chi connectivity index (χ3v) is 16.7. The van der Waals surface area contributed by atoms with Gasteiger partial charge in [0.05, 0.1) is 0 Å². The van der Waals surface area contributed by atoms with Gasteiger partial charge in [0.1, 0.15) is 13.2 Å². The van der Waals surface area contributed by atoms with E-state index in [-0.39, 0.29) is 31.1 Å². The SMILES string of the molecule is CC/C=C\C/C=C\C/C=C\CCCCCCCCCC(=O)OC(COC(=O)CCCCCCCCCCCCCCCCCC)COC(=O)CCCCCCCCCCCCCCCCCCCCCCCCCCCCCCCC. The quantitative estimate of drug-likeness (QED) is 0.0261. The van der Waals surface area contributed by atoms with E-state index in [1.807, 2.05) is 0 Å². The summed E-state index contributed by atoms with van der Waals surface area (Å²) in [5, 5.41) is 0. The first-order valence-electron chi connectivity index (χ1n) is 36.5. The lowest BCUT2D eigenvalue weighted by Gasteiger charge is -2.18. The molecule has 0 saturated carbocycles. The second-order valence-electron chi connectivity index (χ2n) is 24.8. The molecule has 6 nitrogen and oxygen atoms in total. The first-order valence-corrected chi connectivity index (χ1v) is 36.5. The van der Waals surface area contributed by atoms with Crippen LogP contribution in [0.2, 0.25) is 0 Å². The monoisotopic (exact) mass is 1140 g/mol. The Bertz CT molecular complexity index is 1350. The number of esters is 3. The van der Waals surface area contributed by atoms with E-state index in [0.717, 1.165) is 83.5 Å². The van der Waals surface area contributed by atoms with Gasteiger partial charge in [0.25, 0.3) is 0 Å². The molecule has 0 N–H and O–H groups in total. The average Bonchev–Trinajstić information content (AvgIpc) is 3.47. The highest BCUT2D eigenvalue weighted by atomic mass is 16.6. The molecule has 0 rings (SSSR count). The molecule has 0 aromatic heterocycles. The van der Waals surface area contributed by atoms with Gasteiger partial charge < -0.3 is 14.2 Å². The molecule has 0 aromatic carbocycles. The zero-order valence-corrected chi connectivity index (χ0v) is 54.8. The fourth-order valence-electron chi connectivity index (χ4n) is 11.2. The summed E-state index contributed by atoms with van der Waals surface area (Å²) in [5.74, 6) is -0.849. The molecule has 0 aliphatic carbocycles. The van der Waals surface area contributed by atoms with E-state index in [2.05, 4.69) is 57.2 Å². The molecule has 0 amide bonds. The molecule has 6 heteroatoms. The molecule has 0 spiro atoms. The first kappa shape index (κ1) is 78.6. The van der Waals surface area contributed by atoms with Crippen LogP contribution in [0.25, 0.3) is 0 Å². The van der Waals surface area contributed by atoms with Crippen LogP contribution in [0.4, 0.5) is 0 Å². The van der Waals surface area contributed by atoms with Crippen molar-refractivity contribution in [1.82, 2.24) is 0 Å². The van der Waals surface area contributed by atoms with Crippen molar-refractivity contribution in [2.75, 3.05) is 13.2 Å². The number of hydrogen-bond donors (Lipinski definition) is 0. The minimum Gasteiger partial charge on any atom is -0.462 e. The normalized spacial score (nSPS) is 12.2. The van der Waals surface area contributed by atoms with Crippen LogP contribution in [0.3, 0.4) is 0 Å². The predicted octanol–water partition coefficient (Wildman–Crippen LogP) is 25.1. The van der Waals surface area contributed by atoms with Gasteiger partial charge >= 0.3 is 17.9 Å². The number of allylic oxidation sites excluding steroid dienone is 6. The summed E-state index contributed by atoms with van der Waals surface area (Å²) >= 11 is 0. The Balaban J connectivity index is 4.18.